The van der Waals surface area contributed by atoms with Gasteiger partial charge >= 0.3 is 0 Å². The molecule has 1 aliphatic carbocycles. The molecule has 1 aromatic rings. The highest BCUT2D eigenvalue weighted by molar-refractivity contribution is 5.51. The molecule has 2 aliphatic rings. The Morgan fingerprint density at radius 1 is 1.33 bits per heavy atom. The molecule has 0 aromatic heterocycles. The van der Waals surface area contributed by atoms with Gasteiger partial charge < -0.3 is 10.4 Å². The number of aromatic hydroxyl groups is 1. The SMILES string of the molecule is Cc1cc(NC2CC(C)N(C3CC3)C2)ccc1O. The Balaban J connectivity index is 1.64. The summed E-state index contributed by atoms with van der Waals surface area (Å²) in [4.78, 5) is 2.64. The van der Waals surface area contributed by atoms with Crippen LogP contribution in [0.3, 0.4) is 0 Å². The predicted molar refractivity (Wildman–Crippen MR) is 74.1 cm³/mol. The average Bonchev–Trinajstić information content (AvgIpc) is 3.09. The number of rotatable bonds is 3. The van der Waals surface area contributed by atoms with Crippen molar-refractivity contribution in [2.45, 2.75) is 51.2 Å². The molecule has 1 aliphatic heterocycles. The Bertz CT molecular complexity index is 442. The van der Waals surface area contributed by atoms with Crippen LogP contribution in [0.25, 0.3) is 0 Å². The summed E-state index contributed by atoms with van der Waals surface area (Å²) in [5.41, 5.74) is 2.06. The largest absolute Gasteiger partial charge is 0.508 e. The number of hydrogen-bond donors (Lipinski definition) is 2. The summed E-state index contributed by atoms with van der Waals surface area (Å²) < 4.78 is 0. The number of benzene rings is 1. The molecule has 0 spiro atoms. The molecule has 2 N–H and O–H groups in total. The van der Waals surface area contributed by atoms with Crippen molar-refractivity contribution in [2.24, 2.45) is 0 Å². The Morgan fingerprint density at radius 3 is 2.78 bits per heavy atom. The van der Waals surface area contributed by atoms with Gasteiger partial charge in [-0.15, -0.1) is 0 Å². The maximum atomic E-state index is 9.53. The van der Waals surface area contributed by atoms with E-state index in [0.717, 1.165) is 23.8 Å². The van der Waals surface area contributed by atoms with E-state index in [9.17, 15) is 5.11 Å². The zero-order chi connectivity index (χ0) is 12.7. The van der Waals surface area contributed by atoms with Crippen molar-refractivity contribution in [1.29, 1.82) is 0 Å². The van der Waals surface area contributed by atoms with Crippen LogP contribution in [0.5, 0.6) is 5.75 Å². The maximum Gasteiger partial charge on any atom is 0.118 e. The van der Waals surface area contributed by atoms with Gasteiger partial charge in [-0.1, -0.05) is 0 Å². The molecule has 1 heterocycles. The molecule has 2 fully saturated rings. The number of anilines is 1. The van der Waals surface area contributed by atoms with Gasteiger partial charge in [0.15, 0.2) is 0 Å². The first-order chi connectivity index (χ1) is 8.63. The van der Waals surface area contributed by atoms with Crippen molar-refractivity contribution in [3.8, 4) is 5.75 Å². The number of nitrogens with one attached hydrogen (secondary N) is 1. The van der Waals surface area contributed by atoms with E-state index in [-0.39, 0.29) is 0 Å². The summed E-state index contributed by atoms with van der Waals surface area (Å²) in [6.45, 7) is 5.43. The van der Waals surface area contributed by atoms with E-state index >= 15 is 0 Å². The summed E-state index contributed by atoms with van der Waals surface area (Å²) in [5, 5.41) is 13.1. The molecule has 98 valence electrons. The molecule has 2 unspecified atom stereocenters. The summed E-state index contributed by atoms with van der Waals surface area (Å²) in [7, 11) is 0. The Labute approximate surface area is 109 Å². The lowest BCUT2D eigenvalue weighted by Gasteiger charge is -2.20. The molecule has 3 nitrogen and oxygen atoms in total. The van der Waals surface area contributed by atoms with Crippen LogP contribution in [-0.4, -0.2) is 34.7 Å². The smallest absolute Gasteiger partial charge is 0.118 e. The monoisotopic (exact) mass is 246 g/mol. The molecule has 2 atom stereocenters. The maximum absolute atomic E-state index is 9.53. The normalized spacial score (nSPS) is 28.6. The van der Waals surface area contributed by atoms with Crippen molar-refractivity contribution in [1.82, 2.24) is 4.90 Å². The minimum absolute atomic E-state index is 0.375. The van der Waals surface area contributed by atoms with Gasteiger partial charge in [0.05, 0.1) is 0 Å². The fraction of sp³-hybridized carbons (Fsp3) is 0.600. The molecule has 3 heteroatoms. The van der Waals surface area contributed by atoms with E-state index in [2.05, 4.69) is 17.1 Å². The van der Waals surface area contributed by atoms with Crippen LogP contribution in [0.15, 0.2) is 18.2 Å². The van der Waals surface area contributed by atoms with Crippen molar-refractivity contribution in [2.75, 3.05) is 11.9 Å². The van der Waals surface area contributed by atoms with Gasteiger partial charge in [-0.05, 0) is 56.9 Å². The van der Waals surface area contributed by atoms with E-state index in [4.69, 9.17) is 0 Å². The molecular weight excluding hydrogens is 224 g/mol. The number of likely N-dealkylation sites (tertiary alicyclic amines) is 1. The van der Waals surface area contributed by atoms with Gasteiger partial charge in [0.1, 0.15) is 5.75 Å². The number of aryl methyl sites for hydroxylation is 1. The summed E-state index contributed by atoms with van der Waals surface area (Å²) in [6, 6.07) is 7.87. The molecule has 18 heavy (non-hydrogen) atoms. The van der Waals surface area contributed by atoms with Crippen LogP contribution in [0.1, 0.15) is 31.7 Å². The third-order valence-electron chi connectivity index (χ3n) is 4.21. The molecule has 1 saturated carbocycles. The summed E-state index contributed by atoms with van der Waals surface area (Å²) in [6.07, 6.45) is 3.99. The van der Waals surface area contributed by atoms with E-state index < -0.39 is 0 Å². The molecule has 0 amide bonds. The number of nitrogens with zero attached hydrogens (tertiary/aromatic N) is 1. The van der Waals surface area contributed by atoms with Crippen LogP contribution in [0, 0.1) is 6.92 Å². The Hall–Kier alpha value is -1.22. The zero-order valence-electron chi connectivity index (χ0n) is 11.2. The second kappa shape index (κ2) is 4.47. The molecule has 0 radical (unpaired) electrons. The summed E-state index contributed by atoms with van der Waals surface area (Å²) >= 11 is 0. The first kappa shape index (κ1) is 11.8. The molecule has 1 saturated heterocycles. The van der Waals surface area contributed by atoms with Crippen LogP contribution in [-0.2, 0) is 0 Å². The van der Waals surface area contributed by atoms with Crippen LogP contribution < -0.4 is 5.32 Å². The van der Waals surface area contributed by atoms with Gasteiger partial charge in [0.2, 0.25) is 0 Å². The number of hydrogen-bond acceptors (Lipinski definition) is 3. The second-order valence-electron chi connectivity index (χ2n) is 5.86. The van der Waals surface area contributed by atoms with Crippen molar-refractivity contribution >= 4 is 5.69 Å². The van der Waals surface area contributed by atoms with Crippen LogP contribution in [0.2, 0.25) is 0 Å². The van der Waals surface area contributed by atoms with E-state index in [1.807, 2.05) is 19.1 Å². The lowest BCUT2D eigenvalue weighted by Crippen LogP contribution is -2.31. The topological polar surface area (TPSA) is 35.5 Å². The van der Waals surface area contributed by atoms with Gasteiger partial charge in [-0.3, -0.25) is 4.90 Å². The minimum atomic E-state index is 0.375. The van der Waals surface area contributed by atoms with Crippen LogP contribution >= 0.6 is 0 Å². The highest BCUT2D eigenvalue weighted by atomic mass is 16.3. The van der Waals surface area contributed by atoms with Gasteiger partial charge in [-0.25, -0.2) is 0 Å². The fourth-order valence-electron chi connectivity index (χ4n) is 3.06. The van der Waals surface area contributed by atoms with Gasteiger partial charge in [0, 0.05) is 30.4 Å². The lowest BCUT2D eigenvalue weighted by molar-refractivity contribution is 0.257. The van der Waals surface area contributed by atoms with Crippen molar-refractivity contribution in [3.05, 3.63) is 23.8 Å². The van der Waals surface area contributed by atoms with Crippen molar-refractivity contribution < 1.29 is 5.11 Å². The quantitative estimate of drug-likeness (QED) is 0.805. The molecular formula is C15H22N2O. The van der Waals surface area contributed by atoms with E-state index in [0.29, 0.717) is 17.8 Å². The predicted octanol–water partition coefficient (Wildman–Crippen LogP) is 2.74. The summed E-state index contributed by atoms with van der Waals surface area (Å²) in [5.74, 6) is 0.375. The third kappa shape index (κ3) is 2.32. The number of phenols is 1. The first-order valence-electron chi connectivity index (χ1n) is 6.95. The highest BCUT2D eigenvalue weighted by Crippen LogP contribution is 2.34. The standard InChI is InChI=1S/C15H22N2O/c1-10-7-12(3-6-15(10)18)16-13-8-11(2)17(9-13)14-4-5-14/h3,6-7,11,13-14,16,18H,4-5,8-9H2,1-2H3. The average molecular weight is 246 g/mol. The van der Waals surface area contributed by atoms with Crippen molar-refractivity contribution in [3.63, 3.8) is 0 Å². The lowest BCUT2D eigenvalue weighted by atomic mass is 10.1. The minimum Gasteiger partial charge on any atom is -0.508 e. The Kier molecular flexibility index (Phi) is 2.94. The molecule has 1 aromatic carbocycles. The van der Waals surface area contributed by atoms with E-state index in [1.165, 1.54) is 19.3 Å². The zero-order valence-corrected chi connectivity index (χ0v) is 11.2. The fourth-order valence-corrected chi connectivity index (χ4v) is 3.06. The van der Waals surface area contributed by atoms with Gasteiger partial charge in [0.25, 0.3) is 0 Å². The first-order valence-corrected chi connectivity index (χ1v) is 6.95. The van der Waals surface area contributed by atoms with Gasteiger partial charge in [-0.2, -0.15) is 0 Å². The molecule has 0 bridgehead atoms. The molecule has 3 rings (SSSR count). The second-order valence-corrected chi connectivity index (χ2v) is 5.86. The van der Waals surface area contributed by atoms with E-state index in [1.54, 1.807) is 6.07 Å². The third-order valence-corrected chi connectivity index (χ3v) is 4.21. The Morgan fingerprint density at radius 2 is 2.11 bits per heavy atom. The number of phenolic OH excluding ortho intramolecular Hbond substituents is 1. The highest BCUT2D eigenvalue weighted by Gasteiger charge is 2.38. The van der Waals surface area contributed by atoms with Crippen LogP contribution in [0.4, 0.5) is 5.69 Å².